The molecule has 2 aliphatic rings. The van der Waals surface area contributed by atoms with Crippen LogP contribution in [0.3, 0.4) is 0 Å². The van der Waals surface area contributed by atoms with Crippen molar-refractivity contribution in [2.75, 3.05) is 36.9 Å². The molecule has 2 aliphatic heterocycles. The molecule has 2 saturated heterocycles. The molecule has 2 fully saturated rings. The highest BCUT2D eigenvalue weighted by Crippen LogP contribution is 2.34. The molecule has 2 aromatic heterocycles. The molecule has 9 heteroatoms. The maximum Gasteiger partial charge on any atom is 0.172 e. The lowest BCUT2D eigenvalue weighted by molar-refractivity contribution is -0.169. The number of nitrogen functional groups attached to an aromatic ring is 1. The number of para-hydroxylation sites is 1. The number of rotatable bonds is 3. The molecule has 3 aromatic rings. The molecule has 5 rings (SSSR count). The minimum Gasteiger partial charge on any atom is -0.507 e. The minimum absolute atomic E-state index is 0.136. The molecule has 9 nitrogen and oxygen atoms in total. The van der Waals surface area contributed by atoms with Gasteiger partial charge in [-0.15, -0.1) is 10.2 Å². The molecular formula is C20H22N6O3. The summed E-state index contributed by atoms with van der Waals surface area (Å²) in [7, 11) is 0. The van der Waals surface area contributed by atoms with Crippen LogP contribution >= 0.6 is 0 Å². The molecule has 1 aromatic carbocycles. The summed E-state index contributed by atoms with van der Waals surface area (Å²) >= 11 is 0. The van der Waals surface area contributed by atoms with Crippen molar-refractivity contribution in [2.24, 2.45) is 0 Å². The van der Waals surface area contributed by atoms with E-state index in [9.17, 15) is 5.11 Å². The summed E-state index contributed by atoms with van der Waals surface area (Å²) in [6, 6.07) is 8.76. The zero-order valence-corrected chi connectivity index (χ0v) is 15.9. The van der Waals surface area contributed by atoms with Crippen molar-refractivity contribution in [2.45, 2.75) is 18.6 Å². The van der Waals surface area contributed by atoms with Gasteiger partial charge in [0.2, 0.25) is 0 Å². The zero-order chi connectivity index (χ0) is 19.8. The third-order valence-electron chi connectivity index (χ3n) is 5.50. The molecule has 4 heterocycles. The quantitative estimate of drug-likeness (QED) is 0.693. The summed E-state index contributed by atoms with van der Waals surface area (Å²) in [6.45, 7) is 3.01. The number of anilines is 2. The molecule has 0 bridgehead atoms. The highest BCUT2D eigenvalue weighted by atomic mass is 16.7. The number of nitrogens with zero attached hydrogens (tertiary/aromatic N) is 5. The van der Waals surface area contributed by atoms with Crippen LogP contribution < -0.4 is 10.6 Å². The molecule has 29 heavy (non-hydrogen) atoms. The predicted octanol–water partition coefficient (Wildman–Crippen LogP) is 1.96. The Morgan fingerprint density at radius 2 is 1.83 bits per heavy atom. The van der Waals surface area contributed by atoms with Crippen LogP contribution in [-0.4, -0.2) is 57.2 Å². The van der Waals surface area contributed by atoms with E-state index in [1.807, 2.05) is 18.5 Å². The van der Waals surface area contributed by atoms with E-state index in [0.29, 0.717) is 30.2 Å². The monoisotopic (exact) mass is 394 g/mol. The topological polar surface area (TPSA) is 112 Å². The summed E-state index contributed by atoms with van der Waals surface area (Å²) in [6.07, 6.45) is 5.40. The van der Waals surface area contributed by atoms with E-state index in [2.05, 4.69) is 20.2 Å². The van der Waals surface area contributed by atoms with Crippen LogP contribution in [0.1, 0.15) is 12.8 Å². The smallest absolute Gasteiger partial charge is 0.172 e. The van der Waals surface area contributed by atoms with Crippen molar-refractivity contribution in [1.82, 2.24) is 20.0 Å². The number of ether oxygens (including phenoxy) is 2. The summed E-state index contributed by atoms with van der Waals surface area (Å²) in [5.41, 5.74) is 8.79. The van der Waals surface area contributed by atoms with Gasteiger partial charge in [-0.2, -0.15) is 5.10 Å². The lowest BCUT2D eigenvalue weighted by Crippen LogP contribution is -2.45. The summed E-state index contributed by atoms with van der Waals surface area (Å²) in [5.74, 6) is -0.000121. The Hall–Kier alpha value is -3.17. The van der Waals surface area contributed by atoms with Crippen LogP contribution in [0, 0.1) is 0 Å². The molecule has 0 saturated carbocycles. The van der Waals surface area contributed by atoms with Gasteiger partial charge in [-0.1, -0.05) is 12.1 Å². The van der Waals surface area contributed by atoms with Gasteiger partial charge in [-0.05, 0) is 18.2 Å². The molecule has 0 unspecified atom stereocenters. The van der Waals surface area contributed by atoms with Crippen LogP contribution in [0.25, 0.3) is 16.9 Å². The lowest BCUT2D eigenvalue weighted by Gasteiger charge is -2.38. The normalized spacial score (nSPS) is 18.4. The van der Waals surface area contributed by atoms with E-state index in [-0.39, 0.29) is 11.6 Å². The first-order valence-corrected chi connectivity index (χ1v) is 9.63. The Kier molecular flexibility index (Phi) is 4.33. The van der Waals surface area contributed by atoms with Crippen molar-refractivity contribution in [3.8, 4) is 22.7 Å². The number of piperidine rings is 1. The predicted molar refractivity (Wildman–Crippen MR) is 107 cm³/mol. The van der Waals surface area contributed by atoms with Crippen molar-refractivity contribution in [3.63, 3.8) is 0 Å². The van der Waals surface area contributed by atoms with Gasteiger partial charge in [-0.25, -0.2) is 4.68 Å². The second-order valence-corrected chi connectivity index (χ2v) is 7.25. The molecule has 0 amide bonds. The number of hydrogen-bond donors (Lipinski definition) is 2. The fraction of sp³-hybridized carbons (Fsp3) is 0.350. The minimum atomic E-state index is -0.404. The van der Waals surface area contributed by atoms with Crippen molar-refractivity contribution in [3.05, 3.63) is 42.7 Å². The fourth-order valence-electron chi connectivity index (χ4n) is 3.90. The first-order valence-electron chi connectivity index (χ1n) is 9.63. The van der Waals surface area contributed by atoms with E-state index in [1.54, 1.807) is 28.9 Å². The number of aromatic hydroxyl groups is 1. The number of phenols is 1. The van der Waals surface area contributed by atoms with Gasteiger partial charge in [0.25, 0.3) is 0 Å². The molecule has 0 radical (unpaired) electrons. The molecular weight excluding hydrogens is 372 g/mol. The Labute approximate surface area is 167 Å². The van der Waals surface area contributed by atoms with Gasteiger partial charge >= 0.3 is 0 Å². The molecule has 150 valence electrons. The standard InChI is InChI=1S/C20H22N6O3/c21-19-17(11-16(23-24-19)15-3-1-2-4-18(15)27)26-13-14(12-22-26)25-7-5-20(6-8-25)28-9-10-29-20/h1-4,11-13,27H,5-10H2,(H2,21,24). The van der Waals surface area contributed by atoms with E-state index in [0.717, 1.165) is 31.6 Å². The Morgan fingerprint density at radius 1 is 1.07 bits per heavy atom. The lowest BCUT2D eigenvalue weighted by atomic mass is 10.0. The molecule has 0 atom stereocenters. The second kappa shape index (κ2) is 7.02. The first-order chi connectivity index (χ1) is 14.1. The maximum atomic E-state index is 10.1. The zero-order valence-electron chi connectivity index (χ0n) is 15.9. The van der Waals surface area contributed by atoms with Crippen LogP contribution in [0.4, 0.5) is 11.5 Å². The third kappa shape index (κ3) is 3.28. The summed E-state index contributed by atoms with van der Waals surface area (Å²) in [4.78, 5) is 2.26. The number of benzene rings is 1. The first kappa shape index (κ1) is 17.9. The number of aromatic nitrogens is 4. The van der Waals surface area contributed by atoms with Gasteiger partial charge < -0.3 is 25.2 Å². The van der Waals surface area contributed by atoms with E-state index in [1.165, 1.54) is 0 Å². The van der Waals surface area contributed by atoms with Crippen molar-refractivity contribution in [1.29, 1.82) is 0 Å². The number of phenolic OH excluding ortho intramolecular Hbond substituents is 1. The van der Waals surface area contributed by atoms with Gasteiger partial charge in [-0.3, -0.25) is 0 Å². The molecule has 1 spiro atoms. The van der Waals surface area contributed by atoms with Crippen LogP contribution in [-0.2, 0) is 9.47 Å². The van der Waals surface area contributed by atoms with Crippen LogP contribution in [0.15, 0.2) is 42.7 Å². The maximum absolute atomic E-state index is 10.1. The molecule has 3 N–H and O–H groups in total. The highest BCUT2D eigenvalue weighted by Gasteiger charge is 2.40. The van der Waals surface area contributed by atoms with Gasteiger partial charge in [0.15, 0.2) is 11.6 Å². The molecule has 0 aliphatic carbocycles. The largest absolute Gasteiger partial charge is 0.507 e. The van der Waals surface area contributed by atoms with E-state index < -0.39 is 5.79 Å². The number of hydrogen-bond acceptors (Lipinski definition) is 8. The van der Waals surface area contributed by atoms with Gasteiger partial charge in [0.05, 0.1) is 37.0 Å². The van der Waals surface area contributed by atoms with Crippen molar-refractivity contribution < 1.29 is 14.6 Å². The van der Waals surface area contributed by atoms with E-state index in [4.69, 9.17) is 15.2 Å². The highest BCUT2D eigenvalue weighted by molar-refractivity contribution is 5.70. The van der Waals surface area contributed by atoms with Gasteiger partial charge in [0, 0.05) is 31.5 Å². The average Bonchev–Trinajstić information content (AvgIpc) is 3.40. The SMILES string of the molecule is Nc1nnc(-c2ccccc2O)cc1-n1cc(N2CCC3(CC2)OCCO3)cn1. The van der Waals surface area contributed by atoms with Gasteiger partial charge in [0.1, 0.15) is 11.4 Å². The van der Waals surface area contributed by atoms with Crippen molar-refractivity contribution >= 4 is 11.5 Å². The summed E-state index contributed by atoms with van der Waals surface area (Å²) in [5, 5.41) is 22.7. The Balaban J connectivity index is 1.39. The fourth-order valence-corrected chi connectivity index (χ4v) is 3.90. The summed E-state index contributed by atoms with van der Waals surface area (Å²) < 4.78 is 13.3. The number of nitrogens with two attached hydrogens (primary N) is 1. The van der Waals surface area contributed by atoms with Crippen LogP contribution in [0.2, 0.25) is 0 Å². The second-order valence-electron chi connectivity index (χ2n) is 7.25. The average molecular weight is 394 g/mol. The third-order valence-corrected chi connectivity index (χ3v) is 5.50. The van der Waals surface area contributed by atoms with Crippen LogP contribution in [0.5, 0.6) is 5.75 Å². The van der Waals surface area contributed by atoms with E-state index >= 15 is 0 Å². The Morgan fingerprint density at radius 3 is 2.59 bits per heavy atom. The Bertz CT molecular complexity index is 1020.